The summed E-state index contributed by atoms with van der Waals surface area (Å²) >= 11 is 7.46. The summed E-state index contributed by atoms with van der Waals surface area (Å²) in [6, 6.07) is 7.41. The Hall–Kier alpha value is -1.06. The number of hydrogen-bond donors (Lipinski definition) is 0. The highest BCUT2D eigenvalue weighted by Gasteiger charge is 2.01. The number of aryl methyl sites for hydroxylation is 1. The first-order chi connectivity index (χ1) is 7.75. The van der Waals surface area contributed by atoms with Crippen LogP contribution in [-0.4, -0.2) is 11.6 Å². The second-order valence-electron chi connectivity index (χ2n) is 3.41. The summed E-state index contributed by atoms with van der Waals surface area (Å²) < 4.78 is 5.61. The van der Waals surface area contributed by atoms with Crippen LogP contribution in [0.1, 0.15) is 10.6 Å². The van der Waals surface area contributed by atoms with E-state index in [1.165, 1.54) is 4.88 Å². The summed E-state index contributed by atoms with van der Waals surface area (Å²) in [4.78, 5) is 5.49. The van der Waals surface area contributed by atoms with Gasteiger partial charge >= 0.3 is 0 Å². The molecule has 0 aliphatic heterocycles. The highest BCUT2D eigenvalue weighted by atomic mass is 35.5. The van der Waals surface area contributed by atoms with E-state index >= 15 is 0 Å². The molecule has 2 nitrogen and oxygen atoms in total. The predicted octanol–water partition coefficient (Wildman–Crippen LogP) is 3.73. The number of ether oxygens (including phenoxy) is 1. The average Bonchev–Trinajstić information content (AvgIpc) is 2.68. The van der Waals surface area contributed by atoms with Crippen LogP contribution >= 0.6 is 22.9 Å². The molecule has 0 aliphatic carbocycles. The summed E-state index contributed by atoms with van der Waals surface area (Å²) in [6.45, 7) is 2.69. The molecule has 16 heavy (non-hydrogen) atoms. The van der Waals surface area contributed by atoms with Gasteiger partial charge in [-0.1, -0.05) is 11.6 Å². The molecule has 0 amide bonds. The zero-order chi connectivity index (χ0) is 11.4. The van der Waals surface area contributed by atoms with Gasteiger partial charge in [0.2, 0.25) is 0 Å². The Kier molecular flexibility index (Phi) is 3.80. The summed E-state index contributed by atoms with van der Waals surface area (Å²) in [5, 5.41) is 0.727. The summed E-state index contributed by atoms with van der Waals surface area (Å²) in [6.07, 6.45) is 0.902. The molecule has 0 fully saturated rings. The highest BCUT2D eigenvalue weighted by Crippen LogP contribution is 2.17. The maximum Gasteiger partial charge on any atom is 0.119 e. The van der Waals surface area contributed by atoms with E-state index in [0.717, 1.165) is 22.9 Å². The van der Waals surface area contributed by atoms with Gasteiger partial charge in [0.25, 0.3) is 0 Å². The number of halogens is 1. The molecule has 2 rings (SSSR count). The fourth-order valence-electron chi connectivity index (χ4n) is 1.36. The van der Waals surface area contributed by atoms with Crippen molar-refractivity contribution in [2.45, 2.75) is 13.3 Å². The minimum atomic E-state index is 0.671. The second-order valence-corrected chi connectivity index (χ2v) is 4.79. The predicted molar refractivity (Wildman–Crippen MR) is 67.5 cm³/mol. The minimum Gasteiger partial charge on any atom is -0.493 e. The van der Waals surface area contributed by atoms with E-state index < -0.39 is 0 Å². The standard InChI is InChI=1S/C12H12ClNOS/c1-9-12(16-8-14-9)6-7-15-11-4-2-10(13)3-5-11/h2-5,8H,6-7H2,1H3. The number of aromatic nitrogens is 1. The van der Waals surface area contributed by atoms with Gasteiger partial charge in [0.15, 0.2) is 0 Å². The fourth-order valence-corrected chi connectivity index (χ4v) is 2.25. The van der Waals surface area contributed by atoms with E-state index in [-0.39, 0.29) is 0 Å². The number of hydrogen-bond acceptors (Lipinski definition) is 3. The molecule has 4 heteroatoms. The third-order valence-electron chi connectivity index (χ3n) is 2.26. The molecule has 0 N–H and O–H groups in total. The lowest BCUT2D eigenvalue weighted by molar-refractivity contribution is 0.322. The number of thiazole rings is 1. The van der Waals surface area contributed by atoms with Crippen LogP contribution in [0.25, 0.3) is 0 Å². The van der Waals surface area contributed by atoms with Gasteiger partial charge in [-0.3, -0.25) is 0 Å². The molecule has 0 atom stereocenters. The maximum atomic E-state index is 5.79. The smallest absolute Gasteiger partial charge is 0.119 e. The first kappa shape index (κ1) is 11.4. The third kappa shape index (κ3) is 2.97. The van der Waals surface area contributed by atoms with Crippen LogP contribution in [0.2, 0.25) is 5.02 Å². The zero-order valence-electron chi connectivity index (χ0n) is 8.94. The van der Waals surface area contributed by atoms with E-state index in [0.29, 0.717) is 6.61 Å². The van der Waals surface area contributed by atoms with E-state index in [9.17, 15) is 0 Å². The Morgan fingerprint density at radius 2 is 2.06 bits per heavy atom. The zero-order valence-corrected chi connectivity index (χ0v) is 10.5. The molecular weight excluding hydrogens is 242 g/mol. The molecule has 0 aliphatic rings. The first-order valence-corrected chi connectivity index (χ1v) is 6.29. The van der Waals surface area contributed by atoms with Gasteiger partial charge in [0.05, 0.1) is 17.8 Å². The average molecular weight is 254 g/mol. The Morgan fingerprint density at radius 1 is 1.31 bits per heavy atom. The quantitative estimate of drug-likeness (QED) is 0.828. The highest BCUT2D eigenvalue weighted by molar-refractivity contribution is 7.09. The van der Waals surface area contributed by atoms with Gasteiger partial charge in [-0.2, -0.15) is 0 Å². The van der Waals surface area contributed by atoms with E-state index in [2.05, 4.69) is 4.98 Å². The summed E-state index contributed by atoms with van der Waals surface area (Å²) in [7, 11) is 0. The molecule has 1 heterocycles. The molecule has 2 aromatic rings. The summed E-state index contributed by atoms with van der Waals surface area (Å²) in [5.74, 6) is 0.853. The molecular formula is C12H12ClNOS. The van der Waals surface area contributed by atoms with E-state index in [1.807, 2.05) is 36.7 Å². The lowest BCUT2D eigenvalue weighted by Crippen LogP contribution is -2.00. The molecule has 0 radical (unpaired) electrons. The van der Waals surface area contributed by atoms with Crippen LogP contribution in [0, 0.1) is 6.92 Å². The number of benzene rings is 1. The molecule has 0 spiro atoms. The molecule has 0 saturated heterocycles. The van der Waals surface area contributed by atoms with Crippen molar-refractivity contribution in [3.63, 3.8) is 0 Å². The lowest BCUT2D eigenvalue weighted by atomic mass is 10.3. The van der Waals surface area contributed by atoms with Gasteiger partial charge in [-0.05, 0) is 31.2 Å². The van der Waals surface area contributed by atoms with Crippen LogP contribution in [0.3, 0.4) is 0 Å². The maximum absolute atomic E-state index is 5.79. The number of rotatable bonds is 4. The van der Waals surface area contributed by atoms with Crippen molar-refractivity contribution in [1.29, 1.82) is 0 Å². The molecule has 0 saturated carbocycles. The van der Waals surface area contributed by atoms with Gasteiger partial charge in [-0.15, -0.1) is 11.3 Å². The van der Waals surface area contributed by atoms with Crippen LogP contribution in [0.5, 0.6) is 5.75 Å². The lowest BCUT2D eigenvalue weighted by Gasteiger charge is -2.05. The Labute approximate surface area is 104 Å². The molecule has 1 aromatic heterocycles. The van der Waals surface area contributed by atoms with Crippen molar-refractivity contribution < 1.29 is 4.74 Å². The topological polar surface area (TPSA) is 22.1 Å². The SMILES string of the molecule is Cc1ncsc1CCOc1ccc(Cl)cc1. The second kappa shape index (κ2) is 5.32. The molecule has 0 unspecified atom stereocenters. The Balaban J connectivity index is 1.84. The molecule has 1 aromatic carbocycles. The Bertz CT molecular complexity index is 452. The normalized spacial score (nSPS) is 10.4. The van der Waals surface area contributed by atoms with Crippen molar-refractivity contribution in [3.05, 3.63) is 45.4 Å². The van der Waals surface area contributed by atoms with Crippen molar-refractivity contribution >= 4 is 22.9 Å². The van der Waals surface area contributed by atoms with Crippen LogP contribution in [0.15, 0.2) is 29.8 Å². The van der Waals surface area contributed by atoms with Crippen LogP contribution in [-0.2, 0) is 6.42 Å². The van der Waals surface area contributed by atoms with E-state index in [4.69, 9.17) is 16.3 Å². The Morgan fingerprint density at radius 3 is 2.69 bits per heavy atom. The third-order valence-corrected chi connectivity index (χ3v) is 3.50. The van der Waals surface area contributed by atoms with Gasteiger partial charge in [-0.25, -0.2) is 4.98 Å². The monoisotopic (exact) mass is 253 g/mol. The summed E-state index contributed by atoms with van der Waals surface area (Å²) in [5.41, 5.74) is 2.97. The van der Waals surface area contributed by atoms with Crippen LogP contribution < -0.4 is 4.74 Å². The molecule has 84 valence electrons. The van der Waals surface area contributed by atoms with Crippen molar-refractivity contribution in [1.82, 2.24) is 4.98 Å². The molecule has 0 bridgehead atoms. The minimum absolute atomic E-state index is 0.671. The van der Waals surface area contributed by atoms with Crippen LogP contribution in [0.4, 0.5) is 0 Å². The largest absolute Gasteiger partial charge is 0.493 e. The van der Waals surface area contributed by atoms with Crippen molar-refractivity contribution in [3.8, 4) is 5.75 Å². The number of nitrogens with zero attached hydrogens (tertiary/aromatic N) is 1. The van der Waals surface area contributed by atoms with Crippen molar-refractivity contribution in [2.24, 2.45) is 0 Å². The van der Waals surface area contributed by atoms with Crippen molar-refractivity contribution in [2.75, 3.05) is 6.61 Å². The first-order valence-electron chi connectivity index (χ1n) is 5.03. The van der Waals surface area contributed by atoms with Gasteiger partial charge in [0, 0.05) is 16.3 Å². The fraction of sp³-hybridized carbons (Fsp3) is 0.250. The van der Waals surface area contributed by atoms with Gasteiger partial charge in [0.1, 0.15) is 5.75 Å². The van der Waals surface area contributed by atoms with E-state index in [1.54, 1.807) is 11.3 Å². The van der Waals surface area contributed by atoms with Gasteiger partial charge < -0.3 is 4.74 Å².